The molecule has 0 saturated carbocycles. The Kier molecular flexibility index (Phi) is 4.76. The molecule has 6 heteroatoms. The molecule has 128 valence electrons. The van der Waals surface area contributed by atoms with Gasteiger partial charge in [0.15, 0.2) is 17.2 Å². The van der Waals surface area contributed by atoms with Crippen LogP contribution < -0.4 is 9.47 Å². The van der Waals surface area contributed by atoms with Crippen molar-refractivity contribution in [1.29, 1.82) is 0 Å². The number of esters is 1. The molecule has 0 spiro atoms. The minimum atomic E-state index is -0.531. The predicted octanol–water partition coefficient (Wildman–Crippen LogP) is 4.01. The minimum Gasteiger partial charge on any atom is -0.493 e. The fourth-order valence-electron chi connectivity index (χ4n) is 2.43. The summed E-state index contributed by atoms with van der Waals surface area (Å²) in [5.41, 5.74) is 2.43. The maximum absolute atomic E-state index is 12.2. The number of benzene rings is 2. The molecule has 2 aromatic carbocycles. The molecule has 5 nitrogen and oxygen atoms in total. The SMILES string of the molecule is COc1cccc(/C=C2\N=C(c3ccc(C)c(Cl)c3)OC2=O)c1OC. The van der Waals surface area contributed by atoms with Crippen molar-refractivity contribution in [2.45, 2.75) is 6.92 Å². The molecule has 0 aliphatic carbocycles. The molecule has 0 fully saturated rings. The number of ether oxygens (including phenoxy) is 3. The molecule has 0 bridgehead atoms. The molecule has 1 aliphatic heterocycles. The number of nitrogens with zero attached hydrogens (tertiary/aromatic N) is 1. The van der Waals surface area contributed by atoms with E-state index in [0.29, 0.717) is 27.6 Å². The average Bonchev–Trinajstić information content (AvgIpc) is 2.97. The van der Waals surface area contributed by atoms with Crippen molar-refractivity contribution >= 4 is 29.5 Å². The molecular formula is C19H16ClNO4. The number of aryl methyl sites for hydroxylation is 1. The zero-order valence-electron chi connectivity index (χ0n) is 14.0. The zero-order valence-corrected chi connectivity index (χ0v) is 14.8. The maximum atomic E-state index is 12.2. The molecule has 1 aliphatic rings. The summed E-state index contributed by atoms with van der Waals surface area (Å²) in [7, 11) is 3.09. The van der Waals surface area contributed by atoms with Crippen molar-refractivity contribution in [2.24, 2.45) is 4.99 Å². The molecule has 25 heavy (non-hydrogen) atoms. The van der Waals surface area contributed by atoms with E-state index in [9.17, 15) is 4.79 Å². The van der Waals surface area contributed by atoms with Gasteiger partial charge in [0.05, 0.1) is 14.2 Å². The molecular weight excluding hydrogens is 342 g/mol. The normalized spacial score (nSPS) is 15.1. The topological polar surface area (TPSA) is 57.1 Å². The van der Waals surface area contributed by atoms with Crippen LogP contribution >= 0.6 is 11.6 Å². The number of rotatable bonds is 4. The lowest BCUT2D eigenvalue weighted by atomic mass is 10.1. The van der Waals surface area contributed by atoms with Crippen LogP contribution in [0.2, 0.25) is 5.02 Å². The van der Waals surface area contributed by atoms with Crippen LogP contribution in [0.1, 0.15) is 16.7 Å². The van der Waals surface area contributed by atoms with Gasteiger partial charge in [-0.05, 0) is 36.8 Å². The van der Waals surface area contributed by atoms with Crippen LogP contribution in [0, 0.1) is 6.92 Å². The van der Waals surface area contributed by atoms with Gasteiger partial charge < -0.3 is 14.2 Å². The highest BCUT2D eigenvalue weighted by molar-refractivity contribution is 6.31. The molecule has 0 amide bonds. The third kappa shape index (κ3) is 3.37. The molecule has 0 aromatic heterocycles. The summed E-state index contributed by atoms with van der Waals surface area (Å²) in [6.07, 6.45) is 1.60. The summed E-state index contributed by atoms with van der Waals surface area (Å²) in [5.74, 6) is 0.779. The van der Waals surface area contributed by atoms with Gasteiger partial charge in [-0.25, -0.2) is 9.79 Å². The lowest BCUT2D eigenvalue weighted by Gasteiger charge is -2.09. The van der Waals surface area contributed by atoms with E-state index in [2.05, 4.69) is 4.99 Å². The van der Waals surface area contributed by atoms with Crippen LogP contribution in [0.5, 0.6) is 11.5 Å². The Morgan fingerprint density at radius 3 is 2.64 bits per heavy atom. The summed E-state index contributed by atoms with van der Waals surface area (Å²) >= 11 is 6.13. The van der Waals surface area contributed by atoms with E-state index < -0.39 is 5.97 Å². The number of aliphatic imine (C=N–C) groups is 1. The van der Waals surface area contributed by atoms with Gasteiger partial charge >= 0.3 is 5.97 Å². The first-order chi connectivity index (χ1) is 12.0. The van der Waals surface area contributed by atoms with Crippen LogP contribution in [-0.4, -0.2) is 26.1 Å². The van der Waals surface area contributed by atoms with E-state index in [1.807, 2.05) is 19.1 Å². The highest BCUT2D eigenvalue weighted by Gasteiger charge is 2.25. The van der Waals surface area contributed by atoms with Crippen LogP contribution in [-0.2, 0) is 9.53 Å². The summed E-state index contributed by atoms with van der Waals surface area (Å²) in [6.45, 7) is 1.90. The number of halogens is 1. The fourth-order valence-corrected chi connectivity index (χ4v) is 2.61. The number of para-hydroxylation sites is 1. The first-order valence-corrected chi connectivity index (χ1v) is 7.91. The Balaban J connectivity index is 2.00. The molecule has 2 aromatic rings. The smallest absolute Gasteiger partial charge is 0.363 e. The van der Waals surface area contributed by atoms with Crippen molar-refractivity contribution in [3.63, 3.8) is 0 Å². The molecule has 0 radical (unpaired) electrons. The van der Waals surface area contributed by atoms with Crippen LogP contribution in [0.15, 0.2) is 47.1 Å². The van der Waals surface area contributed by atoms with E-state index in [1.54, 1.807) is 37.5 Å². The van der Waals surface area contributed by atoms with Crippen molar-refractivity contribution in [1.82, 2.24) is 0 Å². The summed E-state index contributed by atoms with van der Waals surface area (Å²) in [4.78, 5) is 16.4. The van der Waals surface area contributed by atoms with Crippen molar-refractivity contribution in [3.05, 3.63) is 63.8 Å². The summed E-state index contributed by atoms with van der Waals surface area (Å²) in [6, 6.07) is 10.8. The Labute approximate surface area is 150 Å². The second-order valence-corrected chi connectivity index (χ2v) is 5.79. The highest BCUT2D eigenvalue weighted by atomic mass is 35.5. The van der Waals surface area contributed by atoms with Gasteiger partial charge in [-0.3, -0.25) is 0 Å². The third-order valence-corrected chi connectivity index (χ3v) is 4.17. The van der Waals surface area contributed by atoms with Crippen LogP contribution in [0.4, 0.5) is 0 Å². The monoisotopic (exact) mass is 357 g/mol. The van der Waals surface area contributed by atoms with Crippen molar-refractivity contribution < 1.29 is 19.0 Å². The largest absolute Gasteiger partial charge is 0.493 e. The van der Waals surface area contributed by atoms with E-state index in [0.717, 1.165) is 5.56 Å². The number of methoxy groups -OCH3 is 2. The molecule has 0 saturated heterocycles. The van der Waals surface area contributed by atoms with Gasteiger partial charge in [0.25, 0.3) is 0 Å². The van der Waals surface area contributed by atoms with Crippen LogP contribution in [0.25, 0.3) is 6.08 Å². The van der Waals surface area contributed by atoms with Gasteiger partial charge in [0, 0.05) is 16.1 Å². The van der Waals surface area contributed by atoms with Gasteiger partial charge in [-0.2, -0.15) is 0 Å². The molecule has 3 rings (SSSR count). The first kappa shape index (κ1) is 17.0. The quantitative estimate of drug-likeness (QED) is 0.612. The Hall–Kier alpha value is -2.79. The predicted molar refractivity (Wildman–Crippen MR) is 96.3 cm³/mol. The van der Waals surface area contributed by atoms with E-state index >= 15 is 0 Å². The Morgan fingerprint density at radius 1 is 1.16 bits per heavy atom. The fraction of sp³-hybridized carbons (Fsp3) is 0.158. The van der Waals surface area contributed by atoms with Crippen molar-refractivity contribution in [3.8, 4) is 11.5 Å². The third-order valence-electron chi connectivity index (χ3n) is 3.76. The van der Waals surface area contributed by atoms with Gasteiger partial charge in [0.2, 0.25) is 5.90 Å². The van der Waals surface area contributed by atoms with Gasteiger partial charge in [-0.1, -0.05) is 29.8 Å². The van der Waals surface area contributed by atoms with Crippen LogP contribution in [0.3, 0.4) is 0 Å². The molecule has 0 atom stereocenters. The second-order valence-electron chi connectivity index (χ2n) is 5.38. The van der Waals surface area contributed by atoms with E-state index in [4.69, 9.17) is 25.8 Å². The summed E-state index contributed by atoms with van der Waals surface area (Å²) in [5, 5.41) is 0.586. The number of carbonyl (C=O) groups excluding carboxylic acids is 1. The Bertz CT molecular complexity index is 902. The highest BCUT2D eigenvalue weighted by Crippen LogP contribution is 2.33. The molecule has 0 N–H and O–H groups in total. The maximum Gasteiger partial charge on any atom is 0.363 e. The number of carbonyl (C=O) groups is 1. The standard InChI is InChI=1S/C19H16ClNO4/c1-11-7-8-13(9-14(11)20)18-21-15(19(22)25-18)10-12-5-4-6-16(23-2)17(12)24-3/h4-10H,1-3H3/b15-10-. The summed E-state index contributed by atoms with van der Waals surface area (Å²) < 4.78 is 15.9. The second kappa shape index (κ2) is 6.99. The molecule has 0 unspecified atom stereocenters. The number of hydrogen-bond acceptors (Lipinski definition) is 5. The number of cyclic esters (lactones) is 1. The lowest BCUT2D eigenvalue weighted by Crippen LogP contribution is -2.05. The first-order valence-electron chi connectivity index (χ1n) is 7.53. The zero-order chi connectivity index (χ0) is 18.0. The average molecular weight is 358 g/mol. The van der Waals surface area contributed by atoms with Crippen molar-refractivity contribution in [2.75, 3.05) is 14.2 Å². The Morgan fingerprint density at radius 2 is 1.96 bits per heavy atom. The minimum absolute atomic E-state index is 0.179. The molecule has 1 heterocycles. The van der Waals surface area contributed by atoms with Gasteiger partial charge in [0.1, 0.15) is 0 Å². The van der Waals surface area contributed by atoms with Gasteiger partial charge in [-0.15, -0.1) is 0 Å². The van der Waals surface area contributed by atoms with E-state index in [1.165, 1.54) is 7.11 Å². The number of hydrogen-bond donors (Lipinski definition) is 0. The lowest BCUT2D eigenvalue weighted by molar-refractivity contribution is -0.129. The van der Waals surface area contributed by atoms with E-state index in [-0.39, 0.29) is 11.6 Å².